The lowest BCUT2D eigenvalue weighted by Crippen LogP contribution is -2.65. The van der Waals surface area contributed by atoms with Crippen LogP contribution >= 0.6 is 0 Å². The molecule has 5 rings (SSSR count). The summed E-state index contributed by atoms with van der Waals surface area (Å²) in [5.74, 6) is -5.05. The van der Waals surface area contributed by atoms with Crippen molar-refractivity contribution in [2.75, 3.05) is 6.61 Å². The number of halogens is 2. The summed E-state index contributed by atoms with van der Waals surface area (Å²) in [6.45, 7) is 0.287. The van der Waals surface area contributed by atoms with Crippen LogP contribution in [0.4, 0.5) is 13.6 Å². The average Bonchev–Trinajstić information content (AvgIpc) is 3.03. The number of aromatic nitrogens is 2. The molecule has 7 nitrogen and oxygen atoms in total. The van der Waals surface area contributed by atoms with Gasteiger partial charge in [0.2, 0.25) is 0 Å². The highest BCUT2D eigenvalue weighted by atomic mass is 19.3. The Kier molecular flexibility index (Phi) is 3.89. The van der Waals surface area contributed by atoms with Crippen molar-refractivity contribution >= 4 is 12.1 Å². The van der Waals surface area contributed by atoms with Crippen LogP contribution in [0.15, 0.2) is 18.7 Å². The molecule has 0 aliphatic heterocycles. The van der Waals surface area contributed by atoms with Crippen LogP contribution in [0.25, 0.3) is 0 Å². The van der Waals surface area contributed by atoms with Crippen molar-refractivity contribution in [3.05, 3.63) is 18.7 Å². The lowest BCUT2D eigenvalue weighted by atomic mass is 9.46. The molecule has 0 aromatic carbocycles. The fraction of sp³-hybridized carbons (Fsp3) is 0.722. The Morgan fingerprint density at radius 2 is 2.07 bits per heavy atom. The number of aliphatic hydroxyl groups is 1. The van der Waals surface area contributed by atoms with Crippen molar-refractivity contribution in [1.82, 2.24) is 9.55 Å². The van der Waals surface area contributed by atoms with Crippen LogP contribution in [-0.2, 0) is 14.3 Å². The van der Waals surface area contributed by atoms with Crippen LogP contribution in [0.1, 0.15) is 45.4 Å². The maximum Gasteiger partial charge on any atom is 0.419 e. The van der Waals surface area contributed by atoms with E-state index in [0.717, 1.165) is 0 Å². The topological polar surface area (TPSA) is 90.7 Å². The molecule has 9 heteroatoms. The van der Waals surface area contributed by atoms with Crippen LogP contribution < -0.4 is 0 Å². The van der Waals surface area contributed by atoms with E-state index < -0.39 is 34.6 Å². The molecule has 4 bridgehead atoms. The first kappa shape index (κ1) is 18.3. The van der Waals surface area contributed by atoms with E-state index in [1.807, 2.05) is 0 Å². The minimum atomic E-state index is -3.56. The number of ether oxygens (including phenoxy) is 2. The standard InChI is InChI=1S/C18H22F2N2O5/c1-15(19,20)13(23)26-10-16-4-12-5-17(25,7-16)9-18(6-12,8-16)27-14(24)22-3-2-21-11-22/h2-3,11-12,25H,4-10H2,1H3. The van der Waals surface area contributed by atoms with Gasteiger partial charge in [0.1, 0.15) is 11.9 Å². The number of rotatable bonds is 4. The number of imidazole rings is 1. The van der Waals surface area contributed by atoms with Gasteiger partial charge in [-0.15, -0.1) is 0 Å². The molecule has 1 aromatic heterocycles. The van der Waals surface area contributed by atoms with Gasteiger partial charge in [0.05, 0.1) is 12.2 Å². The van der Waals surface area contributed by atoms with Crippen molar-refractivity contribution in [2.24, 2.45) is 11.3 Å². The van der Waals surface area contributed by atoms with Gasteiger partial charge >= 0.3 is 18.0 Å². The fourth-order valence-corrected chi connectivity index (χ4v) is 5.72. The first-order valence-corrected chi connectivity index (χ1v) is 9.01. The number of alkyl halides is 2. The number of nitrogens with zero attached hydrogens (tertiary/aromatic N) is 2. The summed E-state index contributed by atoms with van der Waals surface area (Å²) in [6, 6.07) is 0. The largest absolute Gasteiger partial charge is 0.461 e. The van der Waals surface area contributed by atoms with Gasteiger partial charge in [-0.25, -0.2) is 19.1 Å². The molecule has 0 amide bonds. The first-order valence-electron chi connectivity index (χ1n) is 9.01. The predicted octanol–water partition coefficient (Wildman–Crippen LogP) is 2.52. The molecular weight excluding hydrogens is 362 g/mol. The highest BCUT2D eigenvalue weighted by Gasteiger charge is 2.65. The highest BCUT2D eigenvalue weighted by molar-refractivity contribution is 5.77. The van der Waals surface area contributed by atoms with E-state index in [0.29, 0.717) is 45.4 Å². The van der Waals surface area contributed by atoms with Crippen molar-refractivity contribution in [2.45, 2.75) is 62.6 Å². The molecule has 0 radical (unpaired) electrons. The van der Waals surface area contributed by atoms with E-state index >= 15 is 0 Å². The molecule has 0 saturated heterocycles. The van der Waals surface area contributed by atoms with E-state index in [2.05, 4.69) is 4.98 Å². The lowest BCUT2D eigenvalue weighted by Gasteiger charge is -2.63. The van der Waals surface area contributed by atoms with Crippen LogP contribution in [-0.4, -0.2) is 50.5 Å². The number of esters is 1. The Morgan fingerprint density at radius 3 is 2.70 bits per heavy atom. The zero-order valence-corrected chi connectivity index (χ0v) is 15.0. The van der Waals surface area contributed by atoms with Gasteiger partial charge < -0.3 is 14.6 Å². The Morgan fingerprint density at radius 1 is 1.30 bits per heavy atom. The second-order valence-electron chi connectivity index (χ2n) is 8.72. The zero-order chi connectivity index (χ0) is 19.5. The van der Waals surface area contributed by atoms with Gasteiger partial charge in [0, 0.05) is 31.2 Å². The lowest BCUT2D eigenvalue weighted by molar-refractivity contribution is -0.241. The molecule has 0 spiro atoms. The second-order valence-corrected chi connectivity index (χ2v) is 8.72. The summed E-state index contributed by atoms with van der Waals surface area (Å²) in [5.41, 5.74) is -2.60. The molecule has 1 N–H and O–H groups in total. The normalized spacial score (nSPS) is 37.3. The van der Waals surface area contributed by atoms with Gasteiger partial charge in [0.25, 0.3) is 0 Å². The summed E-state index contributed by atoms with van der Waals surface area (Å²) in [4.78, 5) is 27.8. The third kappa shape index (κ3) is 3.33. The second kappa shape index (κ2) is 5.73. The summed E-state index contributed by atoms with van der Waals surface area (Å²) in [6.07, 6.45) is 6.54. The molecule has 4 saturated carbocycles. The number of carbonyl (C=O) groups is 2. The SMILES string of the molecule is CC(F)(F)C(=O)OCC12CC3CC(O)(C1)CC(OC(=O)n1ccnc1)(C3)C2. The quantitative estimate of drug-likeness (QED) is 0.803. The van der Waals surface area contributed by atoms with Crippen LogP contribution in [0.5, 0.6) is 0 Å². The van der Waals surface area contributed by atoms with Crippen LogP contribution in [0.2, 0.25) is 0 Å². The van der Waals surface area contributed by atoms with Gasteiger partial charge in [-0.05, 0) is 38.0 Å². The van der Waals surface area contributed by atoms with Gasteiger partial charge in [0.15, 0.2) is 0 Å². The predicted molar refractivity (Wildman–Crippen MR) is 87.0 cm³/mol. The summed E-state index contributed by atoms with van der Waals surface area (Å²) < 4.78 is 38.2. The summed E-state index contributed by atoms with van der Waals surface area (Å²) in [5, 5.41) is 11.0. The Bertz CT molecular complexity index is 764. The van der Waals surface area contributed by atoms with Gasteiger partial charge in [-0.2, -0.15) is 8.78 Å². The molecule has 1 heterocycles. The maximum absolute atomic E-state index is 13.2. The van der Waals surface area contributed by atoms with Crippen molar-refractivity contribution in [3.63, 3.8) is 0 Å². The number of hydrogen-bond donors (Lipinski definition) is 1. The van der Waals surface area contributed by atoms with E-state index in [1.165, 1.54) is 23.3 Å². The van der Waals surface area contributed by atoms with E-state index in [1.54, 1.807) is 0 Å². The Balaban J connectivity index is 1.55. The molecule has 4 aliphatic carbocycles. The molecule has 1 aromatic rings. The number of hydrogen-bond acceptors (Lipinski definition) is 6. The molecular formula is C18H22F2N2O5. The third-order valence-corrected chi connectivity index (χ3v) is 5.99. The maximum atomic E-state index is 13.2. The first-order chi connectivity index (χ1) is 12.5. The Hall–Kier alpha value is -2.03. The van der Waals surface area contributed by atoms with Crippen molar-refractivity contribution < 1.29 is 33.0 Å². The minimum absolute atomic E-state index is 0.0858. The molecule has 4 fully saturated rings. The van der Waals surface area contributed by atoms with Gasteiger partial charge in [-0.3, -0.25) is 0 Å². The minimum Gasteiger partial charge on any atom is -0.461 e. The molecule has 4 unspecified atom stereocenters. The van der Waals surface area contributed by atoms with Gasteiger partial charge in [-0.1, -0.05) is 0 Å². The van der Waals surface area contributed by atoms with Crippen LogP contribution in [0, 0.1) is 11.3 Å². The zero-order valence-electron chi connectivity index (χ0n) is 15.0. The molecule has 27 heavy (non-hydrogen) atoms. The van der Waals surface area contributed by atoms with Crippen LogP contribution in [0.3, 0.4) is 0 Å². The van der Waals surface area contributed by atoms with E-state index in [4.69, 9.17) is 9.47 Å². The summed E-state index contributed by atoms with van der Waals surface area (Å²) in [7, 11) is 0. The fourth-order valence-electron chi connectivity index (χ4n) is 5.72. The van der Waals surface area contributed by atoms with Crippen molar-refractivity contribution in [3.8, 4) is 0 Å². The summed E-state index contributed by atoms with van der Waals surface area (Å²) >= 11 is 0. The molecule has 4 atom stereocenters. The Labute approximate surface area is 154 Å². The molecule has 4 aliphatic rings. The molecule has 148 valence electrons. The van der Waals surface area contributed by atoms with E-state index in [-0.39, 0.29) is 12.5 Å². The third-order valence-electron chi connectivity index (χ3n) is 5.99. The highest BCUT2D eigenvalue weighted by Crippen LogP contribution is 2.64. The van der Waals surface area contributed by atoms with Crippen molar-refractivity contribution in [1.29, 1.82) is 0 Å². The monoisotopic (exact) mass is 384 g/mol. The number of carbonyl (C=O) groups excluding carboxylic acids is 2. The average molecular weight is 384 g/mol. The van der Waals surface area contributed by atoms with E-state index in [9.17, 15) is 23.5 Å². The smallest absolute Gasteiger partial charge is 0.419 e.